The lowest BCUT2D eigenvalue weighted by Gasteiger charge is -2.01. The third-order valence-electron chi connectivity index (χ3n) is 3.42. The van der Waals surface area contributed by atoms with Crippen molar-refractivity contribution in [2.24, 2.45) is 0 Å². The molecule has 0 aliphatic heterocycles. The number of fused-ring (bicyclic) bond motifs is 5. The number of para-hydroxylation sites is 2. The zero-order chi connectivity index (χ0) is 13.7. The molecule has 0 aliphatic rings. The van der Waals surface area contributed by atoms with Crippen LogP contribution in [0.5, 0.6) is 0 Å². The van der Waals surface area contributed by atoms with Crippen molar-refractivity contribution < 1.29 is 14.3 Å². The highest BCUT2D eigenvalue weighted by atomic mass is 16.4. The van der Waals surface area contributed by atoms with Crippen LogP contribution in [0.4, 0.5) is 0 Å². The summed E-state index contributed by atoms with van der Waals surface area (Å²) in [4.78, 5) is 15.6. The number of carbonyl (C=O) groups is 1. The Morgan fingerprint density at radius 3 is 2.50 bits per heavy atom. The fourth-order valence-corrected chi connectivity index (χ4v) is 2.58. The number of benzene rings is 2. The van der Waals surface area contributed by atoms with Crippen LogP contribution in [-0.4, -0.2) is 16.1 Å². The molecule has 96 valence electrons. The molecule has 2 heterocycles. The molecule has 4 aromatic rings. The zero-order valence-corrected chi connectivity index (χ0v) is 10.3. The quantitative estimate of drug-likeness (QED) is 0.566. The van der Waals surface area contributed by atoms with Gasteiger partial charge in [-0.15, -0.1) is 0 Å². The van der Waals surface area contributed by atoms with Crippen LogP contribution >= 0.6 is 0 Å². The van der Waals surface area contributed by atoms with Crippen molar-refractivity contribution in [3.8, 4) is 0 Å². The van der Waals surface area contributed by atoms with Crippen molar-refractivity contribution in [3.63, 3.8) is 0 Å². The average molecular weight is 263 g/mol. The van der Waals surface area contributed by atoms with Crippen LogP contribution in [0.3, 0.4) is 0 Å². The number of aromatic nitrogens is 1. The first-order chi connectivity index (χ1) is 9.75. The fraction of sp³-hybridized carbons (Fsp3) is 0. The van der Waals surface area contributed by atoms with Gasteiger partial charge in [0.1, 0.15) is 5.58 Å². The summed E-state index contributed by atoms with van der Waals surface area (Å²) >= 11 is 0. The first-order valence-corrected chi connectivity index (χ1v) is 6.19. The Morgan fingerprint density at radius 2 is 1.70 bits per heavy atom. The third kappa shape index (κ3) is 1.36. The minimum atomic E-state index is -1.08. The average Bonchev–Trinajstić information content (AvgIpc) is 2.85. The highest BCUT2D eigenvalue weighted by molar-refractivity contribution is 6.21. The van der Waals surface area contributed by atoms with E-state index in [0.717, 1.165) is 16.2 Å². The van der Waals surface area contributed by atoms with Crippen LogP contribution in [-0.2, 0) is 0 Å². The van der Waals surface area contributed by atoms with E-state index in [1.165, 1.54) is 0 Å². The standard InChI is InChI=1S/C16H9NO3/c18-16(19)14-15-13(9-5-1-3-7-11(9)17-14)10-6-2-4-8-12(10)20-15/h1-8H,(H,18,19). The van der Waals surface area contributed by atoms with E-state index >= 15 is 0 Å². The van der Waals surface area contributed by atoms with Gasteiger partial charge in [-0.25, -0.2) is 9.78 Å². The number of rotatable bonds is 1. The summed E-state index contributed by atoms with van der Waals surface area (Å²) in [5, 5.41) is 12.0. The summed E-state index contributed by atoms with van der Waals surface area (Å²) in [7, 11) is 0. The van der Waals surface area contributed by atoms with Crippen LogP contribution in [0.2, 0.25) is 0 Å². The van der Waals surface area contributed by atoms with E-state index in [0.29, 0.717) is 16.7 Å². The zero-order valence-electron chi connectivity index (χ0n) is 10.3. The molecule has 0 spiro atoms. The molecule has 0 bridgehead atoms. The molecule has 20 heavy (non-hydrogen) atoms. The van der Waals surface area contributed by atoms with Crippen molar-refractivity contribution in [2.75, 3.05) is 0 Å². The number of aromatic carboxylic acids is 1. The summed E-state index contributed by atoms with van der Waals surface area (Å²) in [6, 6.07) is 15.0. The van der Waals surface area contributed by atoms with Crippen molar-refractivity contribution in [1.82, 2.24) is 4.98 Å². The van der Waals surface area contributed by atoms with E-state index in [9.17, 15) is 9.90 Å². The first-order valence-electron chi connectivity index (χ1n) is 6.19. The van der Waals surface area contributed by atoms with E-state index < -0.39 is 5.97 Å². The third-order valence-corrected chi connectivity index (χ3v) is 3.42. The number of hydrogen-bond acceptors (Lipinski definition) is 3. The fourth-order valence-electron chi connectivity index (χ4n) is 2.58. The molecule has 0 saturated carbocycles. The van der Waals surface area contributed by atoms with Gasteiger partial charge < -0.3 is 9.52 Å². The van der Waals surface area contributed by atoms with Gasteiger partial charge in [-0.05, 0) is 12.1 Å². The SMILES string of the molecule is O=C(O)c1nc2ccccc2c2c1oc1ccccc12. The lowest BCUT2D eigenvalue weighted by molar-refractivity contribution is 0.0692. The molecule has 2 aromatic heterocycles. The number of furan rings is 1. The Kier molecular flexibility index (Phi) is 2.09. The van der Waals surface area contributed by atoms with Gasteiger partial charge in [0.25, 0.3) is 0 Å². The minimum absolute atomic E-state index is 0.0464. The van der Waals surface area contributed by atoms with Crippen molar-refractivity contribution in [3.05, 3.63) is 54.2 Å². The number of nitrogens with zero attached hydrogens (tertiary/aromatic N) is 1. The van der Waals surface area contributed by atoms with Gasteiger partial charge in [0.2, 0.25) is 0 Å². The van der Waals surface area contributed by atoms with Crippen molar-refractivity contribution >= 4 is 38.8 Å². The van der Waals surface area contributed by atoms with Gasteiger partial charge >= 0.3 is 5.97 Å². The second kappa shape index (κ2) is 3.81. The molecule has 0 aliphatic carbocycles. The van der Waals surface area contributed by atoms with Crippen LogP contribution in [0.1, 0.15) is 10.5 Å². The first kappa shape index (κ1) is 11.0. The summed E-state index contributed by atoms with van der Waals surface area (Å²) < 4.78 is 5.71. The van der Waals surface area contributed by atoms with Gasteiger partial charge in [-0.1, -0.05) is 36.4 Å². The van der Waals surface area contributed by atoms with Gasteiger partial charge in [0.05, 0.1) is 5.52 Å². The lowest BCUT2D eigenvalue weighted by Crippen LogP contribution is -2.01. The topological polar surface area (TPSA) is 63.3 Å². The molecule has 0 amide bonds. The molecule has 4 heteroatoms. The predicted octanol–water partition coefficient (Wildman–Crippen LogP) is 3.83. The molecular formula is C16H9NO3. The molecule has 1 N–H and O–H groups in total. The van der Waals surface area contributed by atoms with E-state index in [4.69, 9.17) is 4.42 Å². The molecule has 0 radical (unpaired) electrons. The molecular weight excluding hydrogens is 254 g/mol. The van der Waals surface area contributed by atoms with E-state index in [2.05, 4.69) is 4.98 Å². The second-order valence-corrected chi connectivity index (χ2v) is 4.59. The number of pyridine rings is 1. The Hall–Kier alpha value is -2.88. The van der Waals surface area contributed by atoms with E-state index in [-0.39, 0.29) is 5.69 Å². The van der Waals surface area contributed by atoms with E-state index in [1.807, 2.05) is 48.5 Å². The highest BCUT2D eigenvalue weighted by Crippen LogP contribution is 2.35. The molecule has 0 unspecified atom stereocenters. The Bertz CT molecular complexity index is 985. The van der Waals surface area contributed by atoms with Gasteiger partial charge in [-0.3, -0.25) is 0 Å². The summed E-state index contributed by atoms with van der Waals surface area (Å²) in [5.74, 6) is -1.08. The van der Waals surface area contributed by atoms with Crippen LogP contribution in [0, 0.1) is 0 Å². The van der Waals surface area contributed by atoms with Crippen molar-refractivity contribution in [1.29, 1.82) is 0 Å². The minimum Gasteiger partial charge on any atom is -0.476 e. The number of hydrogen-bond donors (Lipinski definition) is 1. The van der Waals surface area contributed by atoms with Crippen LogP contribution in [0.25, 0.3) is 32.8 Å². The normalized spacial score (nSPS) is 11.4. The number of carboxylic acids is 1. The smallest absolute Gasteiger partial charge is 0.358 e. The van der Waals surface area contributed by atoms with Crippen molar-refractivity contribution in [2.45, 2.75) is 0 Å². The van der Waals surface area contributed by atoms with Gasteiger partial charge in [0.15, 0.2) is 11.3 Å². The molecule has 4 nitrogen and oxygen atoms in total. The molecule has 0 fully saturated rings. The number of carboxylic acid groups (broad SMARTS) is 1. The highest BCUT2D eigenvalue weighted by Gasteiger charge is 2.19. The Labute approximate surface area is 113 Å². The van der Waals surface area contributed by atoms with Crippen LogP contribution < -0.4 is 0 Å². The molecule has 2 aromatic carbocycles. The summed E-state index contributed by atoms with van der Waals surface area (Å²) in [6.45, 7) is 0. The summed E-state index contributed by atoms with van der Waals surface area (Å²) in [6.07, 6.45) is 0. The van der Waals surface area contributed by atoms with Gasteiger partial charge in [-0.2, -0.15) is 0 Å². The Morgan fingerprint density at radius 1 is 1.00 bits per heavy atom. The van der Waals surface area contributed by atoms with E-state index in [1.54, 1.807) is 0 Å². The molecule has 4 rings (SSSR count). The molecule has 0 atom stereocenters. The summed E-state index contributed by atoms with van der Waals surface area (Å²) in [5.41, 5.74) is 1.61. The maximum Gasteiger partial charge on any atom is 0.358 e. The van der Waals surface area contributed by atoms with Crippen LogP contribution in [0.15, 0.2) is 52.9 Å². The Balaban J connectivity index is 2.37. The lowest BCUT2D eigenvalue weighted by atomic mass is 10.1. The van der Waals surface area contributed by atoms with Gasteiger partial charge in [0, 0.05) is 16.2 Å². The largest absolute Gasteiger partial charge is 0.476 e. The molecule has 0 saturated heterocycles. The predicted molar refractivity (Wildman–Crippen MR) is 76.0 cm³/mol. The monoisotopic (exact) mass is 263 g/mol. The maximum atomic E-state index is 11.4. The second-order valence-electron chi connectivity index (χ2n) is 4.59. The maximum absolute atomic E-state index is 11.4.